The first kappa shape index (κ1) is 15.8. The summed E-state index contributed by atoms with van der Waals surface area (Å²) in [6.45, 7) is 5.05. The minimum absolute atomic E-state index is 0.558. The number of nitrogens with one attached hydrogen (secondary N) is 2. The average molecular weight is 330 g/mol. The van der Waals surface area contributed by atoms with Crippen LogP contribution in [0, 0.1) is 5.92 Å². The van der Waals surface area contributed by atoms with E-state index in [0.717, 1.165) is 36.3 Å². The van der Waals surface area contributed by atoms with Crippen molar-refractivity contribution >= 4 is 28.8 Å². The minimum Gasteiger partial charge on any atom is -0.467 e. The molecule has 0 amide bonds. The van der Waals surface area contributed by atoms with Gasteiger partial charge in [0.15, 0.2) is 5.11 Å². The summed E-state index contributed by atoms with van der Waals surface area (Å²) in [5.41, 5.74) is 0.885. The van der Waals surface area contributed by atoms with Crippen LogP contribution in [-0.4, -0.2) is 23.2 Å². The summed E-state index contributed by atoms with van der Waals surface area (Å²) in [7, 11) is 0. The van der Waals surface area contributed by atoms with Gasteiger partial charge in [-0.05, 0) is 55.2 Å². The molecule has 1 aliphatic rings. The SMILES string of the molecule is CC1CCN(c2ccc(NC(=S)NCc3ccco3)cn2)CC1. The third-order valence-corrected chi connectivity index (χ3v) is 4.36. The molecule has 122 valence electrons. The molecule has 2 aromatic rings. The summed E-state index contributed by atoms with van der Waals surface area (Å²) in [4.78, 5) is 6.89. The van der Waals surface area contributed by atoms with Crippen LogP contribution in [0.5, 0.6) is 0 Å². The second kappa shape index (κ2) is 7.46. The molecular formula is C17H22N4OS. The zero-order valence-electron chi connectivity index (χ0n) is 13.3. The maximum absolute atomic E-state index is 5.28. The molecule has 0 atom stereocenters. The summed E-state index contributed by atoms with van der Waals surface area (Å²) in [5.74, 6) is 2.71. The summed E-state index contributed by atoms with van der Waals surface area (Å²) in [6.07, 6.45) is 5.96. The lowest BCUT2D eigenvalue weighted by Gasteiger charge is -2.31. The van der Waals surface area contributed by atoms with E-state index in [1.54, 1.807) is 6.26 Å². The summed E-state index contributed by atoms with van der Waals surface area (Å²) >= 11 is 5.28. The van der Waals surface area contributed by atoms with E-state index in [1.807, 2.05) is 30.5 Å². The number of anilines is 2. The smallest absolute Gasteiger partial charge is 0.171 e. The van der Waals surface area contributed by atoms with Gasteiger partial charge in [0.25, 0.3) is 0 Å². The average Bonchev–Trinajstić information content (AvgIpc) is 3.08. The van der Waals surface area contributed by atoms with E-state index < -0.39 is 0 Å². The summed E-state index contributed by atoms with van der Waals surface area (Å²) < 4.78 is 5.26. The van der Waals surface area contributed by atoms with Crippen LogP contribution in [0.3, 0.4) is 0 Å². The van der Waals surface area contributed by atoms with Gasteiger partial charge in [-0.1, -0.05) is 6.92 Å². The van der Waals surface area contributed by atoms with Crippen LogP contribution in [0.1, 0.15) is 25.5 Å². The van der Waals surface area contributed by atoms with Crippen molar-refractivity contribution in [2.24, 2.45) is 5.92 Å². The molecule has 3 heterocycles. The molecule has 5 nitrogen and oxygen atoms in total. The Morgan fingerprint density at radius 1 is 1.35 bits per heavy atom. The van der Waals surface area contributed by atoms with Crippen molar-refractivity contribution in [3.05, 3.63) is 42.5 Å². The van der Waals surface area contributed by atoms with Crippen LogP contribution in [0.15, 0.2) is 41.1 Å². The number of aromatic nitrogens is 1. The summed E-state index contributed by atoms with van der Waals surface area (Å²) in [5, 5.41) is 6.80. The lowest BCUT2D eigenvalue weighted by Crippen LogP contribution is -2.33. The van der Waals surface area contributed by atoms with E-state index in [0.29, 0.717) is 11.7 Å². The number of hydrogen-bond acceptors (Lipinski definition) is 4. The van der Waals surface area contributed by atoms with Gasteiger partial charge in [-0.15, -0.1) is 0 Å². The van der Waals surface area contributed by atoms with E-state index in [9.17, 15) is 0 Å². The molecule has 0 radical (unpaired) electrons. The molecule has 1 fully saturated rings. The Kier molecular flexibility index (Phi) is 5.12. The predicted octanol–water partition coefficient (Wildman–Crippen LogP) is 3.40. The van der Waals surface area contributed by atoms with Crippen molar-refractivity contribution in [1.29, 1.82) is 0 Å². The van der Waals surface area contributed by atoms with Gasteiger partial charge < -0.3 is 20.0 Å². The molecule has 0 spiro atoms. The van der Waals surface area contributed by atoms with Crippen molar-refractivity contribution in [1.82, 2.24) is 10.3 Å². The Morgan fingerprint density at radius 3 is 2.83 bits per heavy atom. The van der Waals surface area contributed by atoms with Crippen molar-refractivity contribution < 1.29 is 4.42 Å². The van der Waals surface area contributed by atoms with Crippen LogP contribution in [-0.2, 0) is 6.54 Å². The molecule has 3 rings (SSSR count). The van der Waals surface area contributed by atoms with E-state index in [-0.39, 0.29) is 0 Å². The van der Waals surface area contributed by atoms with Crippen LogP contribution in [0.25, 0.3) is 0 Å². The Morgan fingerprint density at radius 2 is 2.17 bits per heavy atom. The fraction of sp³-hybridized carbons (Fsp3) is 0.412. The molecule has 1 saturated heterocycles. The molecule has 2 aromatic heterocycles. The fourth-order valence-electron chi connectivity index (χ4n) is 2.64. The zero-order valence-corrected chi connectivity index (χ0v) is 14.1. The van der Waals surface area contributed by atoms with Gasteiger partial charge in [0.1, 0.15) is 11.6 Å². The highest BCUT2D eigenvalue weighted by Crippen LogP contribution is 2.22. The Labute approximate surface area is 142 Å². The van der Waals surface area contributed by atoms with Crippen LogP contribution >= 0.6 is 12.2 Å². The normalized spacial score (nSPS) is 15.4. The first-order chi connectivity index (χ1) is 11.2. The first-order valence-electron chi connectivity index (χ1n) is 7.99. The maximum atomic E-state index is 5.28. The molecule has 0 bridgehead atoms. The highest BCUT2D eigenvalue weighted by atomic mass is 32.1. The van der Waals surface area contributed by atoms with E-state index in [4.69, 9.17) is 16.6 Å². The number of nitrogens with zero attached hydrogens (tertiary/aromatic N) is 2. The van der Waals surface area contributed by atoms with E-state index in [1.165, 1.54) is 12.8 Å². The third-order valence-electron chi connectivity index (χ3n) is 4.12. The number of pyridine rings is 1. The molecule has 0 saturated carbocycles. The molecule has 0 unspecified atom stereocenters. The standard InChI is InChI=1S/C17H22N4OS/c1-13-6-8-21(9-7-13)16-5-4-14(11-18-16)20-17(23)19-12-15-3-2-10-22-15/h2-5,10-11,13H,6-9,12H2,1H3,(H2,19,20,23). The monoisotopic (exact) mass is 330 g/mol. The fourth-order valence-corrected chi connectivity index (χ4v) is 2.83. The van der Waals surface area contributed by atoms with Gasteiger partial charge >= 0.3 is 0 Å². The first-order valence-corrected chi connectivity index (χ1v) is 8.40. The second-order valence-corrected chi connectivity index (χ2v) is 6.37. The second-order valence-electron chi connectivity index (χ2n) is 5.96. The predicted molar refractivity (Wildman–Crippen MR) is 96.6 cm³/mol. The summed E-state index contributed by atoms with van der Waals surface area (Å²) in [6, 6.07) is 7.83. The number of rotatable bonds is 4. The van der Waals surface area contributed by atoms with Gasteiger partial charge in [0, 0.05) is 13.1 Å². The largest absolute Gasteiger partial charge is 0.467 e. The highest BCUT2D eigenvalue weighted by Gasteiger charge is 2.16. The van der Waals surface area contributed by atoms with Gasteiger partial charge in [0.05, 0.1) is 24.7 Å². The third kappa shape index (κ3) is 4.45. The van der Waals surface area contributed by atoms with Crippen LogP contribution in [0.2, 0.25) is 0 Å². The molecule has 0 aliphatic carbocycles. The van der Waals surface area contributed by atoms with Gasteiger partial charge in [-0.2, -0.15) is 0 Å². The Balaban J connectivity index is 1.50. The Bertz CT molecular complexity index is 619. The van der Waals surface area contributed by atoms with Crippen molar-refractivity contribution in [2.75, 3.05) is 23.3 Å². The van der Waals surface area contributed by atoms with E-state index in [2.05, 4.69) is 27.4 Å². The molecular weight excluding hydrogens is 308 g/mol. The number of piperidine rings is 1. The van der Waals surface area contributed by atoms with Gasteiger partial charge in [-0.3, -0.25) is 0 Å². The number of furan rings is 1. The van der Waals surface area contributed by atoms with Gasteiger partial charge in [0.2, 0.25) is 0 Å². The van der Waals surface area contributed by atoms with Crippen LogP contribution in [0.4, 0.5) is 11.5 Å². The Hall–Kier alpha value is -2.08. The van der Waals surface area contributed by atoms with Crippen molar-refractivity contribution in [2.45, 2.75) is 26.3 Å². The molecule has 6 heteroatoms. The lowest BCUT2D eigenvalue weighted by atomic mass is 9.99. The quantitative estimate of drug-likeness (QED) is 0.838. The number of hydrogen-bond donors (Lipinski definition) is 2. The molecule has 23 heavy (non-hydrogen) atoms. The molecule has 1 aliphatic heterocycles. The highest BCUT2D eigenvalue weighted by molar-refractivity contribution is 7.80. The minimum atomic E-state index is 0.558. The maximum Gasteiger partial charge on any atom is 0.171 e. The van der Waals surface area contributed by atoms with Crippen LogP contribution < -0.4 is 15.5 Å². The van der Waals surface area contributed by atoms with E-state index >= 15 is 0 Å². The lowest BCUT2D eigenvalue weighted by molar-refractivity contribution is 0.436. The zero-order chi connectivity index (χ0) is 16.1. The van der Waals surface area contributed by atoms with Crippen molar-refractivity contribution in [3.63, 3.8) is 0 Å². The molecule has 0 aromatic carbocycles. The number of thiocarbonyl (C=S) groups is 1. The van der Waals surface area contributed by atoms with Gasteiger partial charge in [-0.25, -0.2) is 4.98 Å². The topological polar surface area (TPSA) is 53.3 Å². The molecule has 2 N–H and O–H groups in total. The van der Waals surface area contributed by atoms with Crippen molar-refractivity contribution in [3.8, 4) is 0 Å².